The van der Waals surface area contributed by atoms with Gasteiger partial charge in [-0.05, 0) is 36.5 Å². The summed E-state index contributed by atoms with van der Waals surface area (Å²) < 4.78 is 5.85. The van der Waals surface area contributed by atoms with Crippen LogP contribution in [0.1, 0.15) is 31.2 Å². The third-order valence-corrected chi connectivity index (χ3v) is 4.95. The van der Waals surface area contributed by atoms with E-state index in [9.17, 15) is 10.2 Å². The quantitative estimate of drug-likeness (QED) is 0.378. The molecule has 4 atom stereocenters. The predicted molar refractivity (Wildman–Crippen MR) is 93.5 cm³/mol. The standard InChI is InChI=1S/C19H26ClO3.Y/c1-2-3-4-5-9-16-17(19(22)11-18(16)20)13-23-15-8-6-7-14(10-15)12-21;/h4-8,10,16-19,21-22H,1-3,9,11-13H2;/q-1;/b5-4-;/t16-,17-,18-,19-;/m1./s1. The average Bonchev–Trinajstić information content (AvgIpc) is 2.83. The summed E-state index contributed by atoms with van der Waals surface area (Å²) in [6.45, 7) is 4.25. The fourth-order valence-corrected chi connectivity index (χ4v) is 3.58. The van der Waals surface area contributed by atoms with Crippen molar-refractivity contribution in [3.05, 3.63) is 48.9 Å². The molecule has 1 aliphatic rings. The van der Waals surface area contributed by atoms with Crippen molar-refractivity contribution in [1.29, 1.82) is 0 Å². The zero-order valence-electron chi connectivity index (χ0n) is 14.0. The molecule has 0 heterocycles. The van der Waals surface area contributed by atoms with Crippen molar-refractivity contribution in [2.45, 2.75) is 43.8 Å². The van der Waals surface area contributed by atoms with Gasteiger partial charge < -0.3 is 21.9 Å². The Hall–Kier alpha value is 0.0739. The summed E-state index contributed by atoms with van der Waals surface area (Å²) in [6, 6.07) is 7.39. The maximum atomic E-state index is 10.3. The second-order valence-electron chi connectivity index (χ2n) is 6.11. The molecule has 0 unspecified atom stereocenters. The van der Waals surface area contributed by atoms with Crippen molar-refractivity contribution >= 4 is 11.6 Å². The SMILES string of the molecule is [CH2-]CC/C=C\C[C@@H]1[C@@H](COc2cccc(CO)c2)[C@H](O)C[C@H]1Cl.[Y]. The number of halogens is 1. The van der Waals surface area contributed by atoms with Crippen LogP contribution in [0.15, 0.2) is 36.4 Å². The van der Waals surface area contributed by atoms with Crippen molar-refractivity contribution in [3.8, 4) is 5.75 Å². The van der Waals surface area contributed by atoms with E-state index < -0.39 is 6.10 Å². The summed E-state index contributed by atoms with van der Waals surface area (Å²) in [5, 5.41) is 19.4. The van der Waals surface area contributed by atoms with Crippen LogP contribution in [0, 0.1) is 18.8 Å². The van der Waals surface area contributed by atoms with Gasteiger partial charge >= 0.3 is 0 Å². The second-order valence-corrected chi connectivity index (χ2v) is 6.67. The Balaban J connectivity index is 0.00000288. The molecule has 0 aromatic heterocycles. The van der Waals surface area contributed by atoms with Gasteiger partial charge in [-0.2, -0.15) is 6.42 Å². The van der Waals surface area contributed by atoms with Crippen LogP contribution < -0.4 is 4.74 Å². The molecule has 1 aromatic rings. The molecule has 2 rings (SSSR count). The molecule has 0 aliphatic heterocycles. The summed E-state index contributed by atoms with van der Waals surface area (Å²) in [7, 11) is 0. The molecular formula is C19H26ClO3Y-. The maximum absolute atomic E-state index is 10.3. The van der Waals surface area contributed by atoms with E-state index in [1.165, 1.54) is 0 Å². The number of benzene rings is 1. The number of hydrogen-bond acceptors (Lipinski definition) is 3. The van der Waals surface area contributed by atoms with E-state index in [2.05, 4.69) is 19.1 Å². The predicted octanol–water partition coefficient (Wildman–Crippen LogP) is 3.72. The molecule has 1 aliphatic carbocycles. The molecule has 1 fully saturated rings. The van der Waals surface area contributed by atoms with Gasteiger partial charge in [-0.15, -0.1) is 11.6 Å². The minimum atomic E-state index is -0.426. The van der Waals surface area contributed by atoms with Crippen LogP contribution in [0.2, 0.25) is 0 Å². The minimum absolute atomic E-state index is 0. The summed E-state index contributed by atoms with van der Waals surface area (Å²) in [5.41, 5.74) is 0.817. The van der Waals surface area contributed by atoms with E-state index in [-0.39, 0.29) is 56.5 Å². The summed E-state index contributed by atoms with van der Waals surface area (Å²) in [5.74, 6) is 0.960. The van der Waals surface area contributed by atoms with E-state index in [0.717, 1.165) is 24.8 Å². The van der Waals surface area contributed by atoms with Crippen molar-refractivity contribution in [2.24, 2.45) is 11.8 Å². The summed E-state index contributed by atoms with van der Waals surface area (Å²) in [4.78, 5) is 0. The van der Waals surface area contributed by atoms with Gasteiger partial charge in [0.2, 0.25) is 0 Å². The number of rotatable bonds is 8. The van der Waals surface area contributed by atoms with E-state index in [1.807, 2.05) is 24.3 Å². The molecule has 1 radical (unpaired) electrons. The van der Waals surface area contributed by atoms with Gasteiger partial charge in [0.05, 0.1) is 19.3 Å². The maximum Gasteiger partial charge on any atom is 0.119 e. The zero-order chi connectivity index (χ0) is 16.7. The Bertz CT molecular complexity index is 509. The van der Waals surface area contributed by atoms with Crippen LogP contribution in [0.3, 0.4) is 0 Å². The molecule has 1 aromatic carbocycles. The normalized spacial score (nSPS) is 26.5. The van der Waals surface area contributed by atoms with Gasteiger partial charge in [-0.1, -0.05) is 30.7 Å². The Morgan fingerprint density at radius 2 is 2.08 bits per heavy atom. The van der Waals surface area contributed by atoms with Gasteiger partial charge in [0.1, 0.15) is 5.75 Å². The molecular weight excluding hydrogens is 401 g/mol. The number of hydrogen-bond donors (Lipinski definition) is 2. The Labute approximate surface area is 175 Å². The minimum Gasteiger partial charge on any atom is -0.493 e. The topological polar surface area (TPSA) is 49.7 Å². The number of unbranched alkanes of at least 4 members (excludes halogenated alkanes) is 1. The van der Waals surface area contributed by atoms with Gasteiger partial charge in [0.25, 0.3) is 0 Å². The summed E-state index contributed by atoms with van der Waals surface area (Å²) >= 11 is 6.42. The first kappa shape index (κ1) is 22.1. The number of ether oxygens (including phenoxy) is 1. The third-order valence-electron chi connectivity index (χ3n) is 4.44. The molecule has 3 nitrogen and oxygen atoms in total. The number of aliphatic hydroxyl groups excluding tert-OH is 2. The van der Waals surface area contributed by atoms with Crippen LogP contribution in [-0.2, 0) is 39.3 Å². The molecule has 2 N–H and O–H groups in total. The molecule has 5 heteroatoms. The fourth-order valence-electron chi connectivity index (χ4n) is 3.11. The van der Waals surface area contributed by atoms with Gasteiger partial charge in [0, 0.05) is 44.0 Å². The van der Waals surface area contributed by atoms with Crippen LogP contribution >= 0.6 is 11.6 Å². The van der Waals surface area contributed by atoms with Gasteiger partial charge in [0.15, 0.2) is 0 Å². The van der Waals surface area contributed by atoms with Gasteiger partial charge in [-0.25, -0.2) is 0 Å². The van der Waals surface area contributed by atoms with Crippen LogP contribution in [0.5, 0.6) is 5.75 Å². The van der Waals surface area contributed by atoms with Crippen molar-refractivity contribution < 1.29 is 47.7 Å². The Kier molecular flexibility index (Phi) is 10.7. The summed E-state index contributed by atoms with van der Waals surface area (Å²) in [6.07, 6.45) is 7.17. The van der Waals surface area contributed by atoms with Crippen molar-refractivity contribution in [3.63, 3.8) is 0 Å². The Morgan fingerprint density at radius 3 is 2.79 bits per heavy atom. The van der Waals surface area contributed by atoms with Crippen molar-refractivity contribution in [2.75, 3.05) is 6.61 Å². The molecule has 24 heavy (non-hydrogen) atoms. The monoisotopic (exact) mass is 426 g/mol. The number of aliphatic hydroxyl groups is 2. The number of allylic oxidation sites excluding steroid dienone is 2. The van der Waals surface area contributed by atoms with E-state index in [0.29, 0.717) is 18.8 Å². The smallest absolute Gasteiger partial charge is 0.119 e. The largest absolute Gasteiger partial charge is 0.493 e. The molecule has 0 amide bonds. The second kappa shape index (κ2) is 11.6. The van der Waals surface area contributed by atoms with Gasteiger partial charge in [-0.3, -0.25) is 0 Å². The van der Waals surface area contributed by atoms with Crippen LogP contribution in [0.4, 0.5) is 0 Å². The van der Waals surface area contributed by atoms with E-state index in [1.54, 1.807) is 0 Å². The van der Waals surface area contributed by atoms with Crippen molar-refractivity contribution in [1.82, 2.24) is 0 Å². The zero-order valence-corrected chi connectivity index (χ0v) is 17.6. The molecule has 0 bridgehead atoms. The fraction of sp³-hybridized carbons (Fsp3) is 0.526. The molecule has 131 valence electrons. The first-order valence-electron chi connectivity index (χ1n) is 8.24. The van der Waals surface area contributed by atoms with E-state index in [4.69, 9.17) is 16.3 Å². The molecule has 0 spiro atoms. The Morgan fingerprint density at radius 1 is 1.29 bits per heavy atom. The third kappa shape index (κ3) is 6.42. The molecule has 1 saturated carbocycles. The average molecular weight is 427 g/mol. The van der Waals surface area contributed by atoms with Crippen LogP contribution in [-0.4, -0.2) is 28.3 Å². The number of alkyl halides is 1. The first-order chi connectivity index (χ1) is 11.2. The molecule has 0 saturated heterocycles. The van der Waals surface area contributed by atoms with Crippen LogP contribution in [0.25, 0.3) is 0 Å². The van der Waals surface area contributed by atoms with E-state index >= 15 is 0 Å². The first-order valence-corrected chi connectivity index (χ1v) is 8.68.